The van der Waals surface area contributed by atoms with E-state index in [1.165, 1.54) is 18.3 Å². The third-order valence-corrected chi connectivity index (χ3v) is 4.03. The van der Waals surface area contributed by atoms with Gasteiger partial charge in [-0.15, -0.1) is 11.3 Å². The number of rotatable bonds is 5. The van der Waals surface area contributed by atoms with Crippen molar-refractivity contribution in [1.82, 2.24) is 9.78 Å². The highest BCUT2D eigenvalue weighted by molar-refractivity contribution is 7.18. The van der Waals surface area contributed by atoms with Crippen molar-refractivity contribution in [1.29, 1.82) is 5.26 Å². The maximum Gasteiger partial charge on any atom is 0.171 e. The smallest absolute Gasteiger partial charge is 0.171 e. The second kappa shape index (κ2) is 5.75. The summed E-state index contributed by atoms with van der Waals surface area (Å²) in [7, 11) is 0. The second-order valence-corrected chi connectivity index (χ2v) is 5.45. The quantitative estimate of drug-likeness (QED) is 0.821. The lowest BCUT2D eigenvalue weighted by molar-refractivity contribution is 0.102. The van der Waals surface area contributed by atoms with Gasteiger partial charge in [-0.25, -0.2) is 0 Å². The summed E-state index contributed by atoms with van der Waals surface area (Å²) in [6.45, 7) is 4.70. The van der Waals surface area contributed by atoms with Crippen LogP contribution in [0, 0.1) is 18.3 Å². The van der Waals surface area contributed by atoms with E-state index in [1.54, 1.807) is 6.20 Å². The van der Waals surface area contributed by atoms with Gasteiger partial charge in [0.05, 0.1) is 23.3 Å². The number of anilines is 2. The number of nitrogen functional groups attached to an aromatic ring is 1. The molecule has 6 nitrogen and oxygen atoms in total. The number of hydrogen-bond donors (Lipinski definition) is 2. The fourth-order valence-electron chi connectivity index (χ4n) is 1.81. The van der Waals surface area contributed by atoms with Crippen molar-refractivity contribution < 1.29 is 4.79 Å². The van der Waals surface area contributed by atoms with Crippen LogP contribution in [0.15, 0.2) is 12.4 Å². The van der Waals surface area contributed by atoms with E-state index in [-0.39, 0.29) is 11.5 Å². The van der Waals surface area contributed by atoms with Gasteiger partial charge in [-0.05, 0) is 12.5 Å². The van der Waals surface area contributed by atoms with Crippen LogP contribution in [-0.4, -0.2) is 22.1 Å². The molecule has 0 fully saturated rings. The number of ketones is 1. The average molecular weight is 289 g/mol. The van der Waals surface area contributed by atoms with Crippen LogP contribution in [0.2, 0.25) is 0 Å². The van der Waals surface area contributed by atoms with Gasteiger partial charge in [0.25, 0.3) is 0 Å². The zero-order chi connectivity index (χ0) is 14.7. The van der Waals surface area contributed by atoms with E-state index in [0.29, 0.717) is 28.5 Å². The number of nitrogens with two attached hydrogens (primary N) is 1. The SMILES string of the molecule is CC(=O)c1sc(NCCn2cc(C)cn2)c(C#N)c1N. The lowest BCUT2D eigenvalue weighted by atomic mass is 10.2. The predicted molar refractivity (Wildman–Crippen MR) is 78.9 cm³/mol. The molecule has 2 rings (SSSR count). The fraction of sp³-hybridized carbons (Fsp3) is 0.308. The molecule has 20 heavy (non-hydrogen) atoms. The van der Waals surface area contributed by atoms with E-state index < -0.39 is 0 Å². The average Bonchev–Trinajstić information content (AvgIpc) is 2.94. The van der Waals surface area contributed by atoms with Crippen molar-refractivity contribution in [3.8, 4) is 6.07 Å². The lowest BCUT2D eigenvalue weighted by Crippen LogP contribution is -2.10. The molecule has 0 aliphatic carbocycles. The Morgan fingerprint density at radius 3 is 2.95 bits per heavy atom. The van der Waals surface area contributed by atoms with Crippen molar-refractivity contribution in [2.45, 2.75) is 20.4 Å². The van der Waals surface area contributed by atoms with E-state index in [4.69, 9.17) is 11.0 Å². The maximum atomic E-state index is 11.4. The maximum absolute atomic E-state index is 11.4. The molecule has 2 aromatic rings. The first-order valence-electron chi connectivity index (χ1n) is 6.09. The molecule has 0 bridgehead atoms. The molecule has 0 unspecified atom stereocenters. The second-order valence-electron chi connectivity index (χ2n) is 4.42. The number of nitrogens with one attached hydrogen (secondary N) is 1. The fourth-order valence-corrected chi connectivity index (χ4v) is 2.81. The highest BCUT2D eigenvalue weighted by Gasteiger charge is 2.18. The first-order chi connectivity index (χ1) is 9.52. The zero-order valence-corrected chi connectivity index (χ0v) is 12.1. The molecule has 0 aromatic carbocycles. The summed E-state index contributed by atoms with van der Waals surface area (Å²) in [5.74, 6) is -0.125. The largest absolute Gasteiger partial charge is 0.396 e. The molecular weight excluding hydrogens is 274 g/mol. The van der Waals surface area contributed by atoms with Crippen LogP contribution >= 0.6 is 11.3 Å². The molecule has 3 N–H and O–H groups in total. The van der Waals surface area contributed by atoms with Gasteiger partial charge in [-0.2, -0.15) is 10.4 Å². The number of aromatic nitrogens is 2. The predicted octanol–water partition coefficient (Wildman–Crippen LogP) is 2.02. The van der Waals surface area contributed by atoms with E-state index in [0.717, 1.165) is 5.56 Å². The van der Waals surface area contributed by atoms with Crippen molar-refractivity contribution >= 4 is 27.8 Å². The third kappa shape index (κ3) is 2.81. The summed E-state index contributed by atoms with van der Waals surface area (Å²) in [5.41, 5.74) is 7.52. The van der Waals surface area contributed by atoms with Crippen LogP contribution in [0.5, 0.6) is 0 Å². The molecule has 2 aromatic heterocycles. The van der Waals surface area contributed by atoms with E-state index in [1.807, 2.05) is 23.9 Å². The Morgan fingerprint density at radius 2 is 2.40 bits per heavy atom. The molecule has 7 heteroatoms. The van der Waals surface area contributed by atoms with Crippen LogP contribution in [0.4, 0.5) is 10.7 Å². The summed E-state index contributed by atoms with van der Waals surface area (Å²) in [6.07, 6.45) is 3.73. The Bertz CT molecular complexity index is 679. The van der Waals surface area contributed by atoms with Crippen LogP contribution in [-0.2, 0) is 6.54 Å². The van der Waals surface area contributed by atoms with Gasteiger partial charge in [0.1, 0.15) is 16.6 Å². The number of thiophene rings is 1. The number of nitrogens with zero attached hydrogens (tertiary/aromatic N) is 3. The Hall–Kier alpha value is -2.33. The van der Waals surface area contributed by atoms with E-state index in [2.05, 4.69) is 10.4 Å². The molecule has 0 saturated heterocycles. The van der Waals surface area contributed by atoms with E-state index >= 15 is 0 Å². The zero-order valence-electron chi connectivity index (χ0n) is 11.3. The topological polar surface area (TPSA) is 96.7 Å². The molecule has 0 radical (unpaired) electrons. The molecule has 0 saturated carbocycles. The van der Waals surface area contributed by atoms with Gasteiger partial charge < -0.3 is 11.1 Å². The monoisotopic (exact) mass is 289 g/mol. The summed E-state index contributed by atoms with van der Waals surface area (Å²) in [5, 5.41) is 17.1. The Kier molecular flexibility index (Phi) is 4.05. The Morgan fingerprint density at radius 1 is 1.65 bits per heavy atom. The van der Waals surface area contributed by atoms with Gasteiger partial charge in [0.15, 0.2) is 5.78 Å². The van der Waals surface area contributed by atoms with Gasteiger partial charge in [-0.3, -0.25) is 9.48 Å². The summed E-state index contributed by atoms with van der Waals surface area (Å²) in [4.78, 5) is 11.9. The standard InChI is InChI=1S/C13H15N5OS/c1-8-6-17-18(7-8)4-3-16-13-10(5-14)11(15)12(20-13)9(2)19/h6-7,16H,3-4,15H2,1-2H3. The molecule has 0 atom stereocenters. The normalized spacial score (nSPS) is 10.2. The summed E-state index contributed by atoms with van der Waals surface area (Å²) >= 11 is 1.22. The lowest BCUT2D eigenvalue weighted by Gasteiger charge is -2.04. The minimum atomic E-state index is -0.125. The molecular formula is C13H15N5OS. The van der Waals surface area contributed by atoms with Crippen molar-refractivity contribution in [2.75, 3.05) is 17.6 Å². The molecule has 2 heterocycles. The van der Waals surface area contributed by atoms with Crippen LogP contribution in [0.1, 0.15) is 27.7 Å². The van der Waals surface area contributed by atoms with Crippen molar-refractivity contribution in [3.63, 3.8) is 0 Å². The highest BCUT2D eigenvalue weighted by atomic mass is 32.1. The number of carbonyl (C=O) groups is 1. The van der Waals surface area contributed by atoms with Gasteiger partial charge in [0.2, 0.25) is 0 Å². The minimum Gasteiger partial charge on any atom is -0.396 e. The Labute approximate surface area is 120 Å². The third-order valence-electron chi connectivity index (χ3n) is 2.77. The van der Waals surface area contributed by atoms with Crippen molar-refractivity contribution in [3.05, 3.63) is 28.4 Å². The summed E-state index contributed by atoms with van der Waals surface area (Å²) in [6, 6.07) is 2.04. The van der Waals surface area contributed by atoms with Gasteiger partial charge in [0, 0.05) is 19.7 Å². The van der Waals surface area contributed by atoms with Crippen LogP contribution in [0.3, 0.4) is 0 Å². The molecule has 0 amide bonds. The molecule has 0 spiro atoms. The molecule has 104 valence electrons. The van der Waals surface area contributed by atoms with Gasteiger partial charge >= 0.3 is 0 Å². The number of carbonyl (C=O) groups excluding carboxylic acids is 1. The number of nitriles is 1. The van der Waals surface area contributed by atoms with Gasteiger partial charge in [-0.1, -0.05) is 0 Å². The van der Waals surface area contributed by atoms with Crippen LogP contribution < -0.4 is 11.1 Å². The number of hydrogen-bond acceptors (Lipinski definition) is 6. The minimum absolute atomic E-state index is 0.125. The summed E-state index contributed by atoms with van der Waals surface area (Å²) < 4.78 is 1.82. The van der Waals surface area contributed by atoms with Crippen LogP contribution in [0.25, 0.3) is 0 Å². The molecule has 0 aliphatic rings. The first kappa shape index (κ1) is 14.1. The van der Waals surface area contributed by atoms with Crippen molar-refractivity contribution in [2.24, 2.45) is 0 Å². The number of Topliss-reactive ketones (excluding diaryl/α,β-unsaturated/α-hetero) is 1. The Balaban J connectivity index is 2.08. The molecule has 0 aliphatic heterocycles. The van der Waals surface area contributed by atoms with E-state index in [9.17, 15) is 4.79 Å². The number of aryl methyl sites for hydroxylation is 1. The first-order valence-corrected chi connectivity index (χ1v) is 6.90. The highest BCUT2D eigenvalue weighted by Crippen LogP contribution is 2.35.